The van der Waals surface area contributed by atoms with E-state index in [-0.39, 0.29) is 11.8 Å². The third kappa shape index (κ3) is 7.04. The zero-order chi connectivity index (χ0) is 17.2. The molecule has 0 aliphatic heterocycles. The lowest BCUT2D eigenvalue weighted by molar-refractivity contribution is -0.133. The number of hydrogen-bond acceptors (Lipinski definition) is 2. The van der Waals surface area contributed by atoms with Crippen molar-refractivity contribution in [3.63, 3.8) is 0 Å². The molecule has 1 aromatic carbocycles. The van der Waals surface area contributed by atoms with Gasteiger partial charge in [0.05, 0.1) is 0 Å². The molecular formula is C18H27ClN2O2. The number of carbonyl (C=O) groups is 2. The van der Waals surface area contributed by atoms with Crippen molar-refractivity contribution in [3.05, 3.63) is 34.9 Å². The second-order valence-electron chi connectivity index (χ2n) is 5.70. The molecule has 5 heteroatoms. The Hall–Kier alpha value is -1.55. The van der Waals surface area contributed by atoms with Crippen LogP contribution in [0, 0.1) is 0 Å². The fourth-order valence-electron chi connectivity index (χ4n) is 2.45. The van der Waals surface area contributed by atoms with Gasteiger partial charge in [-0.2, -0.15) is 0 Å². The minimum absolute atomic E-state index is 0.0229. The second kappa shape index (κ2) is 10.3. The molecule has 0 saturated heterocycles. The third-order valence-corrected chi connectivity index (χ3v) is 3.92. The molecule has 0 spiro atoms. The Labute approximate surface area is 144 Å². The van der Waals surface area contributed by atoms with E-state index in [1.807, 2.05) is 29.2 Å². The van der Waals surface area contributed by atoms with Crippen LogP contribution in [0.15, 0.2) is 24.3 Å². The van der Waals surface area contributed by atoms with Gasteiger partial charge in [0, 0.05) is 44.5 Å². The Bertz CT molecular complexity index is 496. The predicted octanol–water partition coefficient (Wildman–Crippen LogP) is 3.73. The lowest BCUT2D eigenvalue weighted by atomic mass is 10.2. The van der Waals surface area contributed by atoms with E-state index in [0.717, 1.165) is 31.5 Å². The van der Waals surface area contributed by atoms with Crippen LogP contribution in [0.2, 0.25) is 5.02 Å². The van der Waals surface area contributed by atoms with Crippen molar-refractivity contribution in [3.8, 4) is 0 Å². The zero-order valence-electron chi connectivity index (χ0n) is 14.3. The van der Waals surface area contributed by atoms with Gasteiger partial charge in [-0.25, -0.2) is 0 Å². The maximum absolute atomic E-state index is 12.3. The summed E-state index contributed by atoms with van der Waals surface area (Å²) in [7, 11) is 0. The minimum atomic E-state index is -0.0229. The monoisotopic (exact) mass is 338 g/mol. The fourth-order valence-corrected chi connectivity index (χ4v) is 2.57. The van der Waals surface area contributed by atoms with Gasteiger partial charge >= 0.3 is 0 Å². The molecule has 1 rings (SSSR count). The van der Waals surface area contributed by atoms with Gasteiger partial charge in [0.1, 0.15) is 0 Å². The average molecular weight is 339 g/mol. The van der Waals surface area contributed by atoms with Crippen molar-refractivity contribution in [1.82, 2.24) is 9.80 Å². The number of benzene rings is 1. The molecule has 0 unspecified atom stereocenters. The number of halogens is 1. The van der Waals surface area contributed by atoms with E-state index in [9.17, 15) is 9.59 Å². The lowest BCUT2D eigenvalue weighted by Gasteiger charge is -2.25. The molecule has 0 N–H and O–H groups in total. The molecule has 0 aromatic heterocycles. The van der Waals surface area contributed by atoms with E-state index in [4.69, 9.17) is 11.6 Å². The Morgan fingerprint density at radius 1 is 0.957 bits per heavy atom. The topological polar surface area (TPSA) is 40.6 Å². The molecule has 1 aromatic rings. The van der Waals surface area contributed by atoms with Gasteiger partial charge in [0.2, 0.25) is 11.8 Å². The highest BCUT2D eigenvalue weighted by atomic mass is 35.5. The largest absolute Gasteiger partial charge is 0.343 e. The van der Waals surface area contributed by atoms with Crippen LogP contribution in [0.5, 0.6) is 0 Å². The highest BCUT2D eigenvalue weighted by Crippen LogP contribution is 2.12. The SMILES string of the molecule is CCCN(CCC)C(=O)CCN(Cc1ccc(Cl)cc1)C(C)=O. The van der Waals surface area contributed by atoms with Gasteiger partial charge in [-0.1, -0.05) is 37.6 Å². The van der Waals surface area contributed by atoms with Crippen molar-refractivity contribution in [2.45, 2.75) is 46.6 Å². The molecule has 0 saturated carbocycles. The second-order valence-corrected chi connectivity index (χ2v) is 6.13. The summed E-state index contributed by atoms with van der Waals surface area (Å²) in [6.07, 6.45) is 2.27. The van der Waals surface area contributed by atoms with Crippen LogP contribution >= 0.6 is 11.6 Å². The molecule has 0 bridgehead atoms. The highest BCUT2D eigenvalue weighted by Gasteiger charge is 2.15. The first-order valence-corrected chi connectivity index (χ1v) is 8.63. The average Bonchev–Trinajstić information content (AvgIpc) is 2.52. The number of amides is 2. The van der Waals surface area contributed by atoms with Crippen molar-refractivity contribution >= 4 is 23.4 Å². The van der Waals surface area contributed by atoms with E-state index in [0.29, 0.717) is 24.5 Å². The van der Waals surface area contributed by atoms with E-state index < -0.39 is 0 Å². The summed E-state index contributed by atoms with van der Waals surface area (Å²) >= 11 is 5.88. The van der Waals surface area contributed by atoms with E-state index in [1.165, 1.54) is 6.92 Å². The number of carbonyl (C=O) groups excluding carboxylic acids is 2. The molecule has 0 aliphatic rings. The third-order valence-electron chi connectivity index (χ3n) is 3.67. The van der Waals surface area contributed by atoms with Crippen LogP contribution in [0.4, 0.5) is 0 Å². The maximum atomic E-state index is 12.3. The number of nitrogens with zero attached hydrogens (tertiary/aromatic N) is 2. The van der Waals surface area contributed by atoms with Crippen LogP contribution in [-0.2, 0) is 16.1 Å². The van der Waals surface area contributed by atoms with Crippen LogP contribution in [0.25, 0.3) is 0 Å². The molecule has 0 atom stereocenters. The Balaban J connectivity index is 2.60. The van der Waals surface area contributed by atoms with Gasteiger partial charge < -0.3 is 9.80 Å². The van der Waals surface area contributed by atoms with Crippen LogP contribution in [0.1, 0.15) is 45.6 Å². The van der Waals surface area contributed by atoms with Gasteiger partial charge in [-0.05, 0) is 30.5 Å². The summed E-state index contributed by atoms with van der Waals surface area (Å²) in [6, 6.07) is 7.43. The van der Waals surface area contributed by atoms with Gasteiger partial charge in [-0.3, -0.25) is 9.59 Å². The van der Waals surface area contributed by atoms with Crippen molar-refractivity contribution in [1.29, 1.82) is 0 Å². The predicted molar refractivity (Wildman–Crippen MR) is 94.3 cm³/mol. The smallest absolute Gasteiger partial charge is 0.224 e. The zero-order valence-corrected chi connectivity index (χ0v) is 15.1. The van der Waals surface area contributed by atoms with E-state index in [1.54, 1.807) is 4.90 Å². The molecule has 23 heavy (non-hydrogen) atoms. The van der Waals surface area contributed by atoms with Crippen molar-refractivity contribution in [2.24, 2.45) is 0 Å². The molecule has 0 radical (unpaired) electrons. The van der Waals surface area contributed by atoms with Crippen LogP contribution < -0.4 is 0 Å². The standard InChI is InChI=1S/C18H27ClN2O2/c1-4-11-20(12-5-2)18(23)10-13-21(15(3)22)14-16-6-8-17(19)9-7-16/h6-9H,4-5,10-14H2,1-3H3. The molecule has 2 amide bonds. The Morgan fingerprint density at radius 3 is 2.00 bits per heavy atom. The first-order valence-electron chi connectivity index (χ1n) is 8.25. The number of rotatable bonds is 9. The van der Waals surface area contributed by atoms with Crippen molar-refractivity contribution < 1.29 is 9.59 Å². The summed E-state index contributed by atoms with van der Waals surface area (Å²) in [5.74, 6) is 0.0985. The highest BCUT2D eigenvalue weighted by molar-refractivity contribution is 6.30. The lowest BCUT2D eigenvalue weighted by Crippen LogP contribution is -2.36. The number of hydrogen-bond donors (Lipinski definition) is 0. The molecule has 0 aliphatic carbocycles. The first kappa shape index (κ1) is 19.5. The summed E-state index contributed by atoms with van der Waals surface area (Å²) in [5, 5.41) is 0.674. The Kier molecular flexibility index (Phi) is 8.70. The van der Waals surface area contributed by atoms with Gasteiger partial charge in [0.15, 0.2) is 0 Å². The maximum Gasteiger partial charge on any atom is 0.224 e. The van der Waals surface area contributed by atoms with Crippen LogP contribution in [0.3, 0.4) is 0 Å². The van der Waals surface area contributed by atoms with Crippen LogP contribution in [-0.4, -0.2) is 41.2 Å². The van der Waals surface area contributed by atoms with Gasteiger partial charge in [-0.15, -0.1) is 0 Å². The molecule has 0 fully saturated rings. The quantitative estimate of drug-likeness (QED) is 0.688. The summed E-state index contributed by atoms with van der Waals surface area (Å²) in [5.41, 5.74) is 1.01. The first-order chi connectivity index (χ1) is 11.0. The summed E-state index contributed by atoms with van der Waals surface area (Å²) in [6.45, 7) is 8.18. The van der Waals surface area contributed by atoms with Gasteiger partial charge in [0.25, 0.3) is 0 Å². The summed E-state index contributed by atoms with van der Waals surface area (Å²) < 4.78 is 0. The molecule has 0 heterocycles. The van der Waals surface area contributed by atoms with Crippen molar-refractivity contribution in [2.75, 3.05) is 19.6 Å². The molecular weight excluding hydrogens is 312 g/mol. The van der Waals surface area contributed by atoms with E-state index >= 15 is 0 Å². The fraction of sp³-hybridized carbons (Fsp3) is 0.556. The summed E-state index contributed by atoms with van der Waals surface area (Å²) in [4.78, 5) is 27.7. The van der Waals surface area contributed by atoms with E-state index in [2.05, 4.69) is 13.8 Å². The minimum Gasteiger partial charge on any atom is -0.343 e. The molecule has 128 valence electrons. The molecule has 4 nitrogen and oxygen atoms in total. The Morgan fingerprint density at radius 2 is 1.52 bits per heavy atom. The normalized spacial score (nSPS) is 10.4.